The largest absolute Gasteiger partial charge is 0.393 e. The lowest BCUT2D eigenvalue weighted by Gasteiger charge is -2.21. The van der Waals surface area contributed by atoms with Crippen LogP contribution in [0.2, 0.25) is 0 Å². The number of aliphatic hydroxyl groups excluding tert-OH is 1. The zero-order valence-electron chi connectivity index (χ0n) is 13.6. The lowest BCUT2D eigenvalue weighted by Crippen LogP contribution is -2.27. The first kappa shape index (κ1) is 16.3. The molecule has 6 heteroatoms. The molecule has 1 aliphatic heterocycles. The van der Waals surface area contributed by atoms with Crippen LogP contribution in [0.25, 0.3) is 0 Å². The van der Waals surface area contributed by atoms with E-state index in [4.69, 9.17) is 4.74 Å². The van der Waals surface area contributed by atoms with Crippen molar-refractivity contribution in [3.63, 3.8) is 0 Å². The molecule has 0 aliphatic carbocycles. The Balaban J connectivity index is 2.08. The molecule has 2 rings (SSSR count). The number of hydrogen-bond donors (Lipinski definition) is 2. The second-order valence-electron chi connectivity index (χ2n) is 5.92. The van der Waals surface area contributed by atoms with Gasteiger partial charge in [-0.1, -0.05) is 0 Å². The Morgan fingerprint density at radius 2 is 2.29 bits per heavy atom. The van der Waals surface area contributed by atoms with Gasteiger partial charge in [-0.2, -0.15) is 5.10 Å². The van der Waals surface area contributed by atoms with Gasteiger partial charge in [0.1, 0.15) is 5.82 Å². The number of nitrogens with one attached hydrogen (secondary N) is 1. The molecule has 2 unspecified atom stereocenters. The number of ether oxygens (including phenoxy) is 1. The lowest BCUT2D eigenvalue weighted by atomic mass is 10.0. The molecule has 0 aromatic carbocycles. The van der Waals surface area contributed by atoms with Crippen molar-refractivity contribution in [1.82, 2.24) is 15.1 Å². The summed E-state index contributed by atoms with van der Waals surface area (Å²) in [7, 11) is 3.71. The van der Waals surface area contributed by atoms with Crippen molar-refractivity contribution in [3.8, 4) is 0 Å². The first-order chi connectivity index (χ1) is 10.0. The molecule has 1 fully saturated rings. The normalized spacial score (nSPS) is 20.2. The molecule has 2 N–H and O–H groups in total. The van der Waals surface area contributed by atoms with Crippen molar-refractivity contribution < 1.29 is 9.84 Å². The fourth-order valence-electron chi connectivity index (χ4n) is 3.05. The molecule has 0 saturated carbocycles. The van der Waals surface area contributed by atoms with Gasteiger partial charge in [0.25, 0.3) is 0 Å². The average molecular weight is 296 g/mol. The van der Waals surface area contributed by atoms with E-state index in [2.05, 4.69) is 22.2 Å². The lowest BCUT2D eigenvalue weighted by molar-refractivity contribution is 0.136. The Labute approximate surface area is 127 Å². The predicted molar refractivity (Wildman–Crippen MR) is 83.5 cm³/mol. The Morgan fingerprint density at radius 1 is 1.52 bits per heavy atom. The van der Waals surface area contributed by atoms with E-state index >= 15 is 0 Å². The van der Waals surface area contributed by atoms with Gasteiger partial charge in [-0.25, -0.2) is 0 Å². The summed E-state index contributed by atoms with van der Waals surface area (Å²) in [6, 6.07) is 0. The predicted octanol–water partition coefficient (Wildman–Crippen LogP) is 0.672. The topological polar surface area (TPSA) is 62.5 Å². The monoisotopic (exact) mass is 296 g/mol. The highest BCUT2D eigenvalue weighted by Crippen LogP contribution is 2.29. The maximum Gasteiger partial charge on any atom is 0.131 e. The third-order valence-electron chi connectivity index (χ3n) is 4.30. The third-order valence-corrected chi connectivity index (χ3v) is 4.30. The van der Waals surface area contributed by atoms with E-state index in [-0.39, 0.29) is 6.10 Å². The van der Waals surface area contributed by atoms with Crippen molar-refractivity contribution in [2.24, 2.45) is 13.0 Å². The number of aromatic nitrogens is 2. The van der Waals surface area contributed by atoms with E-state index in [0.29, 0.717) is 12.5 Å². The zero-order valence-corrected chi connectivity index (χ0v) is 13.6. The van der Waals surface area contributed by atoms with Crippen LogP contribution < -0.4 is 10.2 Å². The van der Waals surface area contributed by atoms with Crippen LogP contribution in [0, 0.1) is 12.8 Å². The maximum atomic E-state index is 9.79. The highest BCUT2D eigenvalue weighted by Gasteiger charge is 2.29. The van der Waals surface area contributed by atoms with Gasteiger partial charge in [-0.3, -0.25) is 4.68 Å². The van der Waals surface area contributed by atoms with Gasteiger partial charge < -0.3 is 20.1 Å². The number of rotatable bonds is 7. The van der Waals surface area contributed by atoms with Gasteiger partial charge >= 0.3 is 0 Å². The van der Waals surface area contributed by atoms with E-state index in [1.54, 1.807) is 7.11 Å². The molecule has 0 spiro atoms. The summed E-state index contributed by atoms with van der Waals surface area (Å²) in [5.41, 5.74) is 2.32. The highest BCUT2D eigenvalue weighted by atomic mass is 16.5. The molecule has 21 heavy (non-hydrogen) atoms. The number of methoxy groups -OCH3 is 1. The smallest absolute Gasteiger partial charge is 0.131 e. The van der Waals surface area contributed by atoms with Gasteiger partial charge in [0.05, 0.1) is 18.4 Å². The molecule has 6 nitrogen and oxygen atoms in total. The molecule has 0 amide bonds. The van der Waals surface area contributed by atoms with Crippen molar-refractivity contribution in [2.75, 3.05) is 38.3 Å². The molecular weight excluding hydrogens is 268 g/mol. The molecule has 0 bridgehead atoms. The summed E-state index contributed by atoms with van der Waals surface area (Å²) in [6.07, 6.45) is 0.797. The Kier molecular flexibility index (Phi) is 5.61. The Morgan fingerprint density at radius 3 is 2.90 bits per heavy atom. The van der Waals surface area contributed by atoms with Gasteiger partial charge in [0.15, 0.2) is 0 Å². The van der Waals surface area contributed by atoms with Crippen molar-refractivity contribution in [3.05, 3.63) is 11.3 Å². The molecule has 0 radical (unpaired) electrons. The zero-order chi connectivity index (χ0) is 15.4. The van der Waals surface area contributed by atoms with Crippen LogP contribution in [-0.2, 0) is 18.3 Å². The second kappa shape index (κ2) is 7.24. The first-order valence-electron chi connectivity index (χ1n) is 7.69. The van der Waals surface area contributed by atoms with E-state index in [0.717, 1.165) is 38.3 Å². The molecule has 1 saturated heterocycles. The molecule has 1 aromatic rings. The second-order valence-corrected chi connectivity index (χ2v) is 5.92. The third kappa shape index (κ3) is 3.75. The van der Waals surface area contributed by atoms with E-state index in [1.807, 2.05) is 18.7 Å². The first-order valence-corrected chi connectivity index (χ1v) is 7.69. The number of aryl methyl sites for hydroxylation is 2. The van der Waals surface area contributed by atoms with Crippen LogP contribution in [0.15, 0.2) is 0 Å². The fraction of sp³-hybridized carbons (Fsp3) is 0.800. The number of anilines is 1. The van der Waals surface area contributed by atoms with Crippen LogP contribution in [0.5, 0.6) is 0 Å². The number of nitrogens with zero attached hydrogens (tertiary/aromatic N) is 3. The summed E-state index contributed by atoms with van der Waals surface area (Å²) in [5, 5.41) is 17.8. The van der Waals surface area contributed by atoms with Gasteiger partial charge in [-0.15, -0.1) is 0 Å². The minimum Gasteiger partial charge on any atom is -0.393 e. The van der Waals surface area contributed by atoms with Gasteiger partial charge in [-0.05, 0) is 20.3 Å². The minimum absolute atomic E-state index is 0.243. The average Bonchev–Trinajstić information content (AvgIpc) is 3.00. The molecule has 120 valence electrons. The maximum absolute atomic E-state index is 9.79. The van der Waals surface area contributed by atoms with Crippen LogP contribution in [-0.4, -0.2) is 54.3 Å². The van der Waals surface area contributed by atoms with E-state index < -0.39 is 0 Å². The van der Waals surface area contributed by atoms with Crippen molar-refractivity contribution in [2.45, 2.75) is 32.9 Å². The Hall–Kier alpha value is -1.11. The van der Waals surface area contributed by atoms with Crippen LogP contribution in [0.4, 0.5) is 5.82 Å². The summed E-state index contributed by atoms with van der Waals surface area (Å²) >= 11 is 0. The van der Waals surface area contributed by atoms with Crippen LogP contribution in [0.1, 0.15) is 24.6 Å². The van der Waals surface area contributed by atoms with E-state index in [9.17, 15) is 5.11 Å². The number of hydrogen-bond acceptors (Lipinski definition) is 5. The molecule has 2 atom stereocenters. The standard InChI is InChI=1S/C15H28N4O2/c1-11-14(9-16-6-8-21-4)15(18(3)17-11)19-7-5-13(10-19)12(2)20/h12-13,16,20H,5-10H2,1-4H3. The summed E-state index contributed by atoms with van der Waals surface area (Å²) in [6.45, 7) is 8.17. The van der Waals surface area contributed by atoms with Crippen LogP contribution >= 0.6 is 0 Å². The molecule has 1 aromatic heterocycles. The minimum atomic E-state index is -0.243. The number of aliphatic hydroxyl groups is 1. The fourth-order valence-corrected chi connectivity index (χ4v) is 3.05. The molecular formula is C15H28N4O2. The van der Waals surface area contributed by atoms with Gasteiger partial charge in [0, 0.05) is 51.8 Å². The van der Waals surface area contributed by atoms with Crippen molar-refractivity contribution in [1.29, 1.82) is 0 Å². The quantitative estimate of drug-likeness (QED) is 0.724. The summed E-state index contributed by atoms with van der Waals surface area (Å²) < 4.78 is 7.03. The Bertz CT molecular complexity index is 459. The summed E-state index contributed by atoms with van der Waals surface area (Å²) in [4.78, 5) is 2.35. The highest BCUT2D eigenvalue weighted by molar-refractivity contribution is 5.51. The van der Waals surface area contributed by atoms with Gasteiger partial charge in [0.2, 0.25) is 0 Å². The van der Waals surface area contributed by atoms with E-state index in [1.165, 1.54) is 11.4 Å². The van der Waals surface area contributed by atoms with Crippen LogP contribution in [0.3, 0.4) is 0 Å². The SMILES string of the molecule is COCCNCc1c(C)nn(C)c1N1CCC(C(C)O)C1. The molecule has 2 heterocycles. The van der Waals surface area contributed by atoms with Crippen molar-refractivity contribution >= 4 is 5.82 Å². The molecule has 1 aliphatic rings. The summed E-state index contributed by atoms with van der Waals surface area (Å²) in [5.74, 6) is 1.54.